The first-order valence-corrected chi connectivity index (χ1v) is 8.54. The molecule has 1 aromatic heterocycles. The highest BCUT2D eigenvalue weighted by Gasteiger charge is 2.40. The van der Waals surface area contributed by atoms with Crippen LogP contribution in [0.25, 0.3) is 11.0 Å². The van der Waals surface area contributed by atoms with Crippen LogP contribution in [-0.2, 0) is 22.6 Å². The van der Waals surface area contributed by atoms with Gasteiger partial charge in [0.15, 0.2) is 0 Å². The van der Waals surface area contributed by atoms with E-state index in [1.165, 1.54) is 0 Å². The van der Waals surface area contributed by atoms with Crippen LogP contribution in [0.2, 0.25) is 0 Å². The van der Waals surface area contributed by atoms with E-state index in [1.54, 1.807) is 0 Å². The third kappa shape index (κ3) is 3.00. The molecule has 1 aromatic carbocycles. The number of benzene rings is 1. The fraction of sp³-hybridized carbons (Fsp3) is 0.500. The zero-order valence-corrected chi connectivity index (χ0v) is 13.9. The van der Waals surface area contributed by atoms with E-state index < -0.39 is 11.5 Å². The Kier molecular flexibility index (Phi) is 4.55. The van der Waals surface area contributed by atoms with Crippen LogP contribution in [0.15, 0.2) is 24.3 Å². The van der Waals surface area contributed by atoms with Crippen LogP contribution in [0.3, 0.4) is 0 Å². The maximum absolute atomic E-state index is 12.6. The number of carboxylic acid groups (broad SMARTS) is 1. The van der Waals surface area contributed by atoms with E-state index in [4.69, 9.17) is 0 Å². The number of amides is 1. The first-order chi connectivity index (χ1) is 11.6. The number of nitrogens with zero attached hydrogens (tertiary/aromatic N) is 2. The molecule has 6 nitrogen and oxygen atoms in total. The van der Waals surface area contributed by atoms with E-state index in [2.05, 4.69) is 10.3 Å². The van der Waals surface area contributed by atoms with Gasteiger partial charge in [0.05, 0.1) is 11.0 Å². The molecule has 0 unspecified atom stereocenters. The number of fused-ring (bicyclic) bond motifs is 1. The lowest BCUT2D eigenvalue weighted by Crippen LogP contribution is -2.56. The quantitative estimate of drug-likeness (QED) is 0.883. The molecule has 1 fully saturated rings. The van der Waals surface area contributed by atoms with Crippen molar-refractivity contribution in [3.8, 4) is 0 Å². The molecule has 1 heterocycles. The molecule has 1 aliphatic carbocycles. The molecule has 6 heteroatoms. The van der Waals surface area contributed by atoms with Crippen LogP contribution in [-0.4, -0.2) is 32.1 Å². The summed E-state index contributed by atoms with van der Waals surface area (Å²) in [5.74, 6) is -0.363. The molecule has 128 valence electrons. The number of para-hydroxylation sites is 2. The number of aliphatic carboxylic acids is 1. The summed E-state index contributed by atoms with van der Waals surface area (Å²) in [5.41, 5.74) is 0.642. The van der Waals surface area contributed by atoms with Gasteiger partial charge in [-0.05, 0) is 25.0 Å². The number of carbonyl (C=O) groups is 2. The van der Waals surface area contributed by atoms with Crippen molar-refractivity contribution in [2.45, 2.75) is 57.5 Å². The van der Waals surface area contributed by atoms with Crippen LogP contribution < -0.4 is 5.32 Å². The fourth-order valence-electron chi connectivity index (χ4n) is 3.57. The van der Waals surface area contributed by atoms with Crippen LogP contribution >= 0.6 is 0 Å². The second-order valence-electron chi connectivity index (χ2n) is 6.45. The maximum atomic E-state index is 12.6. The Balaban J connectivity index is 1.83. The van der Waals surface area contributed by atoms with Gasteiger partial charge in [-0.3, -0.25) is 4.79 Å². The summed E-state index contributed by atoms with van der Waals surface area (Å²) in [6.45, 7) is 2.09. The predicted octanol–water partition coefficient (Wildman–Crippen LogP) is 2.50. The molecular formula is C18H23N3O3. The molecule has 0 atom stereocenters. The van der Waals surface area contributed by atoms with Crippen molar-refractivity contribution in [2.75, 3.05) is 0 Å². The molecule has 0 saturated heterocycles. The highest BCUT2D eigenvalue weighted by Crippen LogP contribution is 2.28. The lowest BCUT2D eigenvalue weighted by Gasteiger charge is -2.34. The Morgan fingerprint density at radius 2 is 1.96 bits per heavy atom. The van der Waals surface area contributed by atoms with Crippen molar-refractivity contribution in [1.82, 2.24) is 14.9 Å². The Hall–Kier alpha value is -2.37. The third-order valence-corrected chi connectivity index (χ3v) is 4.85. The van der Waals surface area contributed by atoms with Crippen molar-refractivity contribution >= 4 is 22.9 Å². The SMILES string of the molecule is CCc1nc2ccccc2n1CC(=O)NC1(C(=O)O)CCCCC1. The monoisotopic (exact) mass is 329 g/mol. The summed E-state index contributed by atoms with van der Waals surface area (Å²) < 4.78 is 1.88. The largest absolute Gasteiger partial charge is 0.480 e. The number of aromatic nitrogens is 2. The van der Waals surface area contributed by atoms with Gasteiger partial charge in [0.25, 0.3) is 0 Å². The number of hydrogen-bond acceptors (Lipinski definition) is 3. The number of hydrogen-bond donors (Lipinski definition) is 2. The van der Waals surface area contributed by atoms with Crippen molar-refractivity contribution in [3.63, 3.8) is 0 Å². The summed E-state index contributed by atoms with van der Waals surface area (Å²) in [6, 6.07) is 7.68. The van der Waals surface area contributed by atoms with Gasteiger partial charge >= 0.3 is 5.97 Å². The number of nitrogens with one attached hydrogen (secondary N) is 1. The molecular weight excluding hydrogens is 306 g/mol. The summed E-state index contributed by atoms with van der Waals surface area (Å²) >= 11 is 0. The second kappa shape index (κ2) is 6.63. The topological polar surface area (TPSA) is 84.2 Å². The van der Waals surface area contributed by atoms with E-state index in [0.717, 1.165) is 36.1 Å². The molecule has 2 N–H and O–H groups in total. The first kappa shape index (κ1) is 16.5. The molecule has 1 saturated carbocycles. The molecule has 0 radical (unpaired) electrons. The molecule has 2 aromatic rings. The minimum atomic E-state index is -1.11. The van der Waals surface area contributed by atoms with Crippen LogP contribution in [0.4, 0.5) is 0 Å². The van der Waals surface area contributed by atoms with Gasteiger partial charge in [0.1, 0.15) is 17.9 Å². The van der Waals surface area contributed by atoms with Gasteiger partial charge in [-0.15, -0.1) is 0 Å². The molecule has 0 bridgehead atoms. The molecule has 1 aliphatic rings. The molecule has 0 spiro atoms. The Morgan fingerprint density at radius 1 is 1.25 bits per heavy atom. The molecule has 3 rings (SSSR count). The first-order valence-electron chi connectivity index (χ1n) is 8.54. The normalized spacial score (nSPS) is 16.9. The van der Waals surface area contributed by atoms with Gasteiger partial charge < -0.3 is 15.0 Å². The number of rotatable bonds is 5. The molecule has 1 amide bonds. The number of aryl methyl sites for hydroxylation is 1. The zero-order valence-electron chi connectivity index (χ0n) is 13.9. The smallest absolute Gasteiger partial charge is 0.329 e. The van der Waals surface area contributed by atoms with Crippen LogP contribution in [0.1, 0.15) is 44.9 Å². The van der Waals surface area contributed by atoms with Gasteiger partial charge in [0.2, 0.25) is 5.91 Å². The average Bonchev–Trinajstić information content (AvgIpc) is 2.93. The van der Waals surface area contributed by atoms with Crippen molar-refractivity contribution in [2.24, 2.45) is 0 Å². The van der Waals surface area contributed by atoms with Gasteiger partial charge in [0, 0.05) is 6.42 Å². The summed E-state index contributed by atoms with van der Waals surface area (Å²) in [6.07, 6.45) is 4.41. The van der Waals surface area contributed by atoms with Gasteiger partial charge in [-0.25, -0.2) is 9.78 Å². The average molecular weight is 329 g/mol. The molecule has 24 heavy (non-hydrogen) atoms. The van der Waals surface area contributed by atoms with E-state index >= 15 is 0 Å². The standard InChI is InChI=1S/C18H23N3O3/c1-2-15-19-13-8-4-5-9-14(13)21(15)12-16(22)20-18(17(23)24)10-6-3-7-11-18/h4-5,8-9H,2-3,6-7,10-12H2,1H3,(H,20,22)(H,23,24). The van der Waals surface area contributed by atoms with Crippen molar-refractivity contribution in [3.05, 3.63) is 30.1 Å². The van der Waals surface area contributed by atoms with E-state index in [9.17, 15) is 14.7 Å². The van der Waals surface area contributed by atoms with E-state index in [0.29, 0.717) is 19.3 Å². The van der Waals surface area contributed by atoms with E-state index in [1.807, 2.05) is 35.8 Å². The predicted molar refractivity (Wildman–Crippen MR) is 90.7 cm³/mol. The Bertz CT molecular complexity index is 760. The van der Waals surface area contributed by atoms with Crippen LogP contribution in [0, 0.1) is 0 Å². The lowest BCUT2D eigenvalue weighted by atomic mass is 9.81. The highest BCUT2D eigenvalue weighted by molar-refractivity contribution is 5.88. The van der Waals surface area contributed by atoms with Crippen molar-refractivity contribution < 1.29 is 14.7 Å². The lowest BCUT2D eigenvalue weighted by molar-refractivity contribution is -0.149. The van der Waals surface area contributed by atoms with Crippen LogP contribution in [0.5, 0.6) is 0 Å². The zero-order chi connectivity index (χ0) is 17.2. The minimum Gasteiger partial charge on any atom is -0.480 e. The van der Waals surface area contributed by atoms with Gasteiger partial charge in [-0.2, -0.15) is 0 Å². The van der Waals surface area contributed by atoms with E-state index in [-0.39, 0.29) is 12.5 Å². The summed E-state index contributed by atoms with van der Waals surface area (Å²) in [7, 11) is 0. The number of carbonyl (C=O) groups excluding carboxylic acids is 1. The highest BCUT2D eigenvalue weighted by atomic mass is 16.4. The minimum absolute atomic E-state index is 0.0959. The number of imidazole rings is 1. The molecule has 0 aliphatic heterocycles. The summed E-state index contributed by atoms with van der Waals surface area (Å²) in [5, 5.41) is 12.4. The summed E-state index contributed by atoms with van der Waals surface area (Å²) in [4.78, 5) is 28.8. The Morgan fingerprint density at radius 3 is 2.62 bits per heavy atom. The van der Waals surface area contributed by atoms with Crippen molar-refractivity contribution in [1.29, 1.82) is 0 Å². The second-order valence-corrected chi connectivity index (χ2v) is 6.45. The Labute approximate surface area is 140 Å². The third-order valence-electron chi connectivity index (χ3n) is 4.85. The number of carboxylic acids is 1. The fourth-order valence-corrected chi connectivity index (χ4v) is 3.57. The maximum Gasteiger partial charge on any atom is 0.329 e. The van der Waals surface area contributed by atoms with Gasteiger partial charge in [-0.1, -0.05) is 38.3 Å².